The normalized spacial score (nSPS) is 18.4. The predicted molar refractivity (Wildman–Crippen MR) is 75.5 cm³/mol. The molecule has 1 atom stereocenters. The summed E-state index contributed by atoms with van der Waals surface area (Å²) in [6.45, 7) is 0.441. The summed E-state index contributed by atoms with van der Waals surface area (Å²) in [4.78, 5) is 24.4. The van der Waals surface area contributed by atoms with Gasteiger partial charge < -0.3 is 15.3 Å². The van der Waals surface area contributed by atoms with Crippen molar-refractivity contribution in [3.05, 3.63) is 27.7 Å². The van der Waals surface area contributed by atoms with Gasteiger partial charge in [-0.2, -0.15) is 0 Å². The van der Waals surface area contributed by atoms with E-state index in [9.17, 15) is 9.59 Å². The Bertz CT molecular complexity index is 524. The second-order valence-electron chi connectivity index (χ2n) is 4.24. The molecule has 7 heteroatoms. The highest BCUT2D eigenvalue weighted by molar-refractivity contribution is 9.10. The zero-order valence-electron chi connectivity index (χ0n) is 9.90. The lowest BCUT2D eigenvalue weighted by molar-refractivity contribution is -0.141. The molecular weight excluding hydrogens is 336 g/mol. The molecule has 0 spiro atoms. The first-order valence-electron chi connectivity index (χ1n) is 5.74. The van der Waals surface area contributed by atoms with Crippen molar-refractivity contribution in [2.24, 2.45) is 0 Å². The third kappa shape index (κ3) is 3.19. The maximum absolute atomic E-state index is 12.0. The van der Waals surface area contributed by atoms with Gasteiger partial charge in [0.1, 0.15) is 6.04 Å². The first-order chi connectivity index (χ1) is 8.99. The Kier molecular flexibility index (Phi) is 4.31. The highest BCUT2D eigenvalue weighted by Crippen LogP contribution is 2.27. The maximum Gasteiger partial charge on any atom is 0.326 e. The topological polar surface area (TPSA) is 69.6 Å². The number of nitrogens with one attached hydrogen (secondary N) is 1. The van der Waals surface area contributed by atoms with Crippen LogP contribution in [0, 0.1) is 0 Å². The van der Waals surface area contributed by atoms with Gasteiger partial charge in [-0.15, -0.1) is 0 Å². The predicted octanol–water partition coefficient (Wildman–Crippen LogP) is 3.18. The highest BCUT2D eigenvalue weighted by Gasteiger charge is 2.34. The average molecular weight is 348 g/mol. The van der Waals surface area contributed by atoms with E-state index in [-0.39, 0.29) is 0 Å². The van der Waals surface area contributed by atoms with Crippen LogP contribution in [0.15, 0.2) is 22.7 Å². The van der Waals surface area contributed by atoms with Crippen LogP contribution in [0.2, 0.25) is 5.02 Å². The summed E-state index contributed by atoms with van der Waals surface area (Å²) in [5, 5.41) is 12.1. The molecule has 0 aromatic heterocycles. The Balaban J connectivity index is 2.10. The van der Waals surface area contributed by atoms with Crippen molar-refractivity contribution >= 4 is 45.2 Å². The van der Waals surface area contributed by atoms with Crippen LogP contribution in [0.1, 0.15) is 12.8 Å². The van der Waals surface area contributed by atoms with Crippen LogP contribution in [0.3, 0.4) is 0 Å². The zero-order chi connectivity index (χ0) is 14.0. The Hall–Kier alpha value is -1.27. The molecule has 1 heterocycles. The second-order valence-corrected chi connectivity index (χ2v) is 5.57. The minimum Gasteiger partial charge on any atom is -0.480 e. The van der Waals surface area contributed by atoms with Crippen molar-refractivity contribution in [2.75, 3.05) is 11.9 Å². The molecule has 1 aliphatic rings. The summed E-state index contributed by atoms with van der Waals surface area (Å²) < 4.78 is 0.806. The monoisotopic (exact) mass is 346 g/mol. The summed E-state index contributed by atoms with van der Waals surface area (Å²) in [5.41, 5.74) is 0.464. The van der Waals surface area contributed by atoms with E-state index in [1.165, 1.54) is 4.90 Å². The minimum atomic E-state index is -0.977. The lowest BCUT2D eigenvalue weighted by Crippen LogP contribution is -2.42. The van der Waals surface area contributed by atoms with Crippen molar-refractivity contribution in [2.45, 2.75) is 18.9 Å². The SMILES string of the molecule is O=C(O)[C@H]1CCCN1C(=O)Nc1ccc(Br)cc1Cl. The Labute approximate surface area is 123 Å². The van der Waals surface area contributed by atoms with Gasteiger partial charge in [-0.3, -0.25) is 0 Å². The number of anilines is 1. The molecule has 102 valence electrons. The molecule has 2 amide bonds. The van der Waals surface area contributed by atoms with E-state index in [2.05, 4.69) is 21.2 Å². The van der Waals surface area contributed by atoms with Crippen molar-refractivity contribution in [1.29, 1.82) is 0 Å². The lowest BCUT2D eigenvalue weighted by atomic mass is 10.2. The standard InChI is InChI=1S/C12H12BrClN2O3/c13-7-3-4-9(8(14)6-7)15-12(19)16-5-1-2-10(16)11(17)18/h3-4,6,10H,1-2,5H2,(H,15,19)(H,17,18)/t10-/m1/s1. The van der Waals surface area contributed by atoms with Crippen molar-refractivity contribution in [3.8, 4) is 0 Å². The van der Waals surface area contributed by atoms with E-state index in [1.807, 2.05) is 0 Å². The van der Waals surface area contributed by atoms with Gasteiger partial charge in [0.15, 0.2) is 0 Å². The van der Waals surface area contributed by atoms with Crippen molar-refractivity contribution in [3.63, 3.8) is 0 Å². The number of aliphatic carboxylic acids is 1. The van der Waals surface area contributed by atoms with Gasteiger partial charge in [-0.05, 0) is 31.0 Å². The van der Waals surface area contributed by atoms with Gasteiger partial charge in [0.25, 0.3) is 0 Å². The molecule has 2 N–H and O–H groups in total. The number of benzene rings is 1. The Morgan fingerprint density at radius 3 is 2.84 bits per heavy atom. The molecule has 2 rings (SSSR count). The molecule has 0 radical (unpaired) electrons. The van der Waals surface area contributed by atoms with Gasteiger partial charge in [0, 0.05) is 11.0 Å². The van der Waals surface area contributed by atoms with Crippen LogP contribution in [-0.4, -0.2) is 34.6 Å². The Morgan fingerprint density at radius 2 is 2.21 bits per heavy atom. The van der Waals surface area contributed by atoms with Crippen LogP contribution >= 0.6 is 27.5 Å². The number of nitrogens with zero attached hydrogens (tertiary/aromatic N) is 1. The molecule has 1 aromatic carbocycles. The Morgan fingerprint density at radius 1 is 1.47 bits per heavy atom. The third-order valence-corrected chi connectivity index (χ3v) is 3.78. The van der Waals surface area contributed by atoms with Gasteiger partial charge >= 0.3 is 12.0 Å². The fraction of sp³-hybridized carbons (Fsp3) is 0.333. The van der Waals surface area contributed by atoms with E-state index < -0.39 is 18.0 Å². The minimum absolute atomic E-state index is 0.397. The molecule has 1 aliphatic heterocycles. The third-order valence-electron chi connectivity index (χ3n) is 2.97. The van der Waals surface area contributed by atoms with Crippen LogP contribution in [0.25, 0.3) is 0 Å². The zero-order valence-corrected chi connectivity index (χ0v) is 12.2. The van der Waals surface area contributed by atoms with E-state index in [0.29, 0.717) is 30.1 Å². The summed E-state index contributed by atoms with van der Waals surface area (Å²) in [6, 6.07) is 3.88. The largest absolute Gasteiger partial charge is 0.480 e. The number of hydrogen-bond donors (Lipinski definition) is 2. The molecule has 0 saturated carbocycles. The van der Waals surface area contributed by atoms with Gasteiger partial charge in [0.2, 0.25) is 0 Å². The van der Waals surface area contributed by atoms with Crippen LogP contribution in [0.5, 0.6) is 0 Å². The number of likely N-dealkylation sites (tertiary alicyclic amines) is 1. The summed E-state index contributed by atoms with van der Waals surface area (Å²) >= 11 is 9.27. The molecule has 5 nitrogen and oxygen atoms in total. The number of carboxylic acid groups (broad SMARTS) is 1. The molecule has 0 aliphatic carbocycles. The van der Waals surface area contributed by atoms with Crippen molar-refractivity contribution in [1.82, 2.24) is 4.90 Å². The number of urea groups is 1. The number of rotatable bonds is 2. The summed E-state index contributed by atoms with van der Waals surface area (Å²) in [6.07, 6.45) is 1.18. The molecule has 0 unspecified atom stereocenters. The van der Waals surface area contributed by atoms with Gasteiger partial charge in [-0.1, -0.05) is 27.5 Å². The number of carbonyl (C=O) groups excluding carboxylic acids is 1. The number of amides is 2. The number of hydrogen-bond acceptors (Lipinski definition) is 2. The number of carboxylic acids is 1. The highest BCUT2D eigenvalue weighted by atomic mass is 79.9. The van der Waals surface area contributed by atoms with Crippen LogP contribution in [-0.2, 0) is 4.79 Å². The maximum atomic E-state index is 12.0. The van der Waals surface area contributed by atoms with Crippen molar-refractivity contribution < 1.29 is 14.7 Å². The molecular formula is C12H12BrClN2O3. The smallest absolute Gasteiger partial charge is 0.326 e. The molecule has 19 heavy (non-hydrogen) atoms. The second kappa shape index (κ2) is 5.79. The summed E-state index contributed by atoms with van der Waals surface area (Å²) in [5.74, 6) is -0.977. The molecule has 1 aromatic rings. The fourth-order valence-electron chi connectivity index (χ4n) is 2.04. The first kappa shape index (κ1) is 14.1. The summed E-state index contributed by atoms with van der Waals surface area (Å²) in [7, 11) is 0. The van der Waals surface area contributed by atoms with E-state index >= 15 is 0 Å². The first-order valence-corrected chi connectivity index (χ1v) is 6.91. The fourth-order valence-corrected chi connectivity index (χ4v) is 2.77. The van der Waals surface area contributed by atoms with E-state index in [0.717, 1.165) is 4.47 Å². The molecule has 0 bridgehead atoms. The number of carbonyl (C=O) groups is 2. The van der Waals surface area contributed by atoms with Crippen LogP contribution in [0.4, 0.5) is 10.5 Å². The van der Waals surface area contributed by atoms with Gasteiger partial charge in [0.05, 0.1) is 10.7 Å². The average Bonchev–Trinajstić information content (AvgIpc) is 2.82. The van der Waals surface area contributed by atoms with Crippen LogP contribution < -0.4 is 5.32 Å². The molecule has 1 saturated heterocycles. The van der Waals surface area contributed by atoms with Gasteiger partial charge in [-0.25, -0.2) is 9.59 Å². The van der Waals surface area contributed by atoms with E-state index in [4.69, 9.17) is 16.7 Å². The van der Waals surface area contributed by atoms with E-state index in [1.54, 1.807) is 18.2 Å². The lowest BCUT2D eigenvalue weighted by Gasteiger charge is -2.22. The number of halogens is 2. The molecule has 1 fully saturated rings. The quantitative estimate of drug-likeness (QED) is 0.863.